The molecule has 2 amide bonds. The number of anilines is 2. The molecule has 2 atom stereocenters. The normalized spacial score (nSPS) is 19.8. The first kappa shape index (κ1) is 24.1. The molecule has 32 heavy (non-hydrogen) atoms. The Morgan fingerprint density at radius 2 is 2.06 bits per heavy atom. The highest BCUT2D eigenvalue weighted by molar-refractivity contribution is 5.80. The summed E-state index contributed by atoms with van der Waals surface area (Å²) in [5.41, 5.74) is 5.06. The van der Waals surface area contributed by atoms with Crippen molar-refractivity contribution in [3.63, 3.8) is 0 Å². The van der Waals surface area contributed by atoms with Gasteiger partial charge in [-0.2, -0.15) is 4.39 Å². The molecule has 4 N–H and O–H groups in total. The van der Waals surface area contributed by atoms with Gasteiger partial charge < -0.3 is 10.0 Å². The van der Waals surface area contributed by atoms with E-state index in [0.717, 1.165) is 38.5 Å². The third kappa shape index (κ3) is 6.04. The molecule has 1 aromatic heterocycles. The van der Waals surface area contributed by atoms with E-state index in [2.05, 4.69) is 20.8 Å². The number of hydrogen-bond donors (Lipinski definition) is 4. The van der Waals surface area contributed by atoms with Crippen molar-refractivity contribution < 1.29 is 24.3 Å². The molecule has 0 bridgehead atoms. The van der Waals surface area contributed by atoms with E-state index in [0.29, 0.717) is 36.2 Å². The van der Waals surface area contributed by atoms with Crippen LogP contribution in [0.1, 0.15) is 57.2 Å². The van der Waals surface area contributed by atoms with E-state index >= 15 is 4.39 Å². The Balaban J connectivity index is 1.70. The molecule has 2 heterocycles. The summed E-state index contributed by atoms with van der Waals surface area (Å²) in [5.74, 6) is -1.06. The second kappa shape index (κ2) is 11.4. The number of aliphatic hydroxyl groups is 1. The maximum atomic E-state index is 15.2. The van der Waals surface area contributed by atoms with Gasteiger partial charge in [0.05, 0.1) is 12.5 Å². The summed E-state index contributed by atoms with van der Waals surface area (Å²) in [7, 11) is 0. The van der Waals surface area contributed by atoms with Gasteiger partial charge in [0.2, 0.25) is 18.1 Å². The summed E-state index contributed by atoms with van der Waals surface area (Å²) in [6.45, 7) is 2.15. The summed E-state index contributed by atoms with van der Waals surface area (Å²) >= 11 is 0. The average Bonchev–Trinajstić information content (AvgIpc) is 3.45. The number of nitrogens with one attached hydrogen (secondary N) is 2. The Hall–Kier alpha value is -2.53. The fraction of sp³-hybridized carbons (Fsp3) is 0.714. The monoisotopic (exact) mass is 452 g/mol. The highest BCUT2D eigenvalue weighted by Crippen LogP contribution is 2.32. The van der Waals surface area contributed by atoms with E-state index in [1.54, 1.807) is 6.92 Å². The maximum absolute atomic E-state index is 15.2. The first-order valence-corrected chi connectivity index (χ1v) is 11.3. The number of hydrazine groups is 1. The Morgan fingerprint density at radius 1 is 1.31 bits per heavy atom. The number of carbonyl (C=O) groups is 2. The molecule has 0 radical (unpaired) electrons. The number of halogens is 1. The van der Waals surface area contributed by atoms with E-state index in [4.69, 9.17) is 0 Å². The van der Waals surface area contributed by atoms with Gasteiger partial charge >= 0.3 is 0 Å². The van der Waals surface area contributed by atoms with Crippen molar-refractivity contribution in [3.05, 3.63) is 11.6 Å². The summed E-state index contributed by atoms with van der Waals surface area (Å²) in [5, 5.41) is 19.4. The molecule has 1 aliphatic carbocycles. The van der Waals surface area contributed by atoms with Crippen molar-refractivity contribution in [1.29, 1.82) is 0 Å². The standard InChI is InChI=1S/C21H33FN6O4/c1-14-23-19(18(22)20(24-14)28-9-4-7-17(28)8-10-29)25-26-21(31)16(12-27(32)13-30)11-15-5-2-3-6-15/h13,15-17,29,32H,2-12H2,1H3,(H,26,31)(H,23,24,25)/t16-,17-/m0/s1. The van der Waals surface area contributed by atoms with Crippen LogP contribution in [0.5, 0.6) is 0 Å². The average molecular weight is 453 g/mol. The molecule has 11 heteroatoms. The van der Waals surface area contributed by atoms with Gasteiger partial charge in [-0.3, -0.25) is 25.6 Å². The zero-order valence-corrected chi connectivity index (χ0v) is 18.5. The molecule has 0 spiro atoms. The van der Waals surface area contributed by atoms with Gasteiger partial charge in [-0.05, 0) is 38.5 Å². The predicted molar refractivity (Wildman–Crippen MR) is 115 cm³/mol. The minimum absolute atomic E-state index is 0.000844. The number of nitrogens with zero attached hydrogens (tertiary/aromatic N) is 4. The number of aliphatic hydroxyl groups excluding tert-OH is 1. The number of hydrogen-bond acceptors (Lipinski definition) is 8. The number of aryl methyl sites for hydroxylation is 1. The van der Waals surface area contributed by atoms with Crippen LogP contribution >= 0.6 is 0 Å². The lowest BCUT2D eigenvalue weighted by Gasteiger charge is -2.26. The fourth-order valence-corrected chi connectivity index (χ4v) is 4.79. The number of rotatable bonds is 11. The van der Waals surface area contributed by atoms with Gasteiger partial charge in [0, 0.05) is 19.2 Å². The number of amides is 2. The molecule has 178 valence electrons. The second-order valence-corrected chi connectivity index (χ2v) is 8.68. The van der Waals surface area contributed by atoms with Gasteiger partial charge in [-0.25, -0.2) is 15.0 Å². The van der Waals surface area contributed by atoms with Crippen LogP contribution in [-0.2, 0) is 9.59 Å². The van der Waals surface area contributed by atoms with Crippen LogP contribution in [0.4, 0.5) is 16.0 Å². The van der Waals surface area contributed by atoms with Crippen LogP contribution in [0, 0.1) is 24.6 Å². The topological polar surface area (TPSA) is 131 Å². The molecule has 0 aromatic carbocycles. The second-order valence-electron chi connectivity index (χ2n) is 8.68. The van der Waals surface area contributed by atoms with Crippen LogP contribution in [0.15, 0.2) is 0 Å². The molecule has 2 fully saturated rings. The maximum Gasteiger partial charge on any atom is 0.243 e. The first-order valence-electron chi connectivity index (χ1n) is 11.3. The number of aromatic nitrogens is 2. The van der Waals surface area contributed by atoms with Crippen molar-refractivity contribution in [2.75, 3.05) is 30.0 Å². The summed E-state index contributed by atoms with van der Waals surface area (Å²) < 4.78 is 15.2. The highest BCUT2D eigenvalue weighted by atomic mass is 19.1. The molecular weight excluding hydrogens is 419 g/mol. The third-order valence-corrected chi connectivity index (χ3v) is 6.35. The number of carbonyl (C=O) groups excluding carboxylic acids is 2. The minimum Gasteiger partial charge on any atom is -0.396 e. The summed E-state index contributed by atoms with van der Waals surface area (Å²) in [6, 6.07) is 0.000844. The first-order chi connectivity index (χ1) is 15.4. The van der Waals surface area contributed by atoms with Gasteiger partial charge in [0.15, 0.2) is 11.6 Å². The van der Waals surface area contributed by atoms with E-state index < -0.39 is 17.6 Å². The molecule has 1 saturated carbocycles. The SMILES string of the molecule is Cc1nc(NNC(=O)[C@@H](CC2CCCC2)CN(O)C=O)c(F)c(N2CCC[C@H]2CCO)n1. The third-order valence-electron chi connectivity index (χ3n) is 6.35. The molecule has 3 rings (SSSR count). The molecular formula is C21H33FN6O4. The Kier molecular flexibility index (Phi) is 8.57. The lowest BCUT2D eigenvalue weighted by atomic mass is 9.92. The Bertz CT molecular complexity index is 792. The minimum atomic E-state index is -0.676. The molecule has 10 nitrogen and oxygen atoms in total. The van der Waals surface area contributed by atoms with Gasteiger partial charge in [-0.1, -0.05) is 25.7 Å². The number of hydroxylamine groups is 2. The van der Waals surface area contributed by atoms with E-state index in [9.17, 15) is 19.9 Å². The molecule has 2 aliphatic rings. The van der Waals surface area contributed by atoms with E-state index in [-0.39, 0.29) is 37.2 Å². The van der Waals surface area contributed by atoms with E-state index in [1.165, 1.54) is 0 Å². The fourth-order valence-electron chi connectivity index (χ4n) is 4.79. The van der Waals surface area contributed by atoms with Gasteiger partial charge in [0.1, 0.15) is 5.82 Å². The molecule has 1 aliphatic heterocycles. The largest absolute Gasteiger partial charge is 0.396 e. The zero-order chi connectivity index (χ0) is 23.1. The Morgan fingerprint density at radius 3 is 2.75 bits per heavy atom. The van der Waals surface area contributed by atoms with Crippen molar-refractivity contribution in [2.24, 2.45) is 11.8 Å². The predicted octanol–water partition coefficient (Wildman–Crippen LogP) is 1.76. The van der Waals surface area contributed by atoms with Crippen LogP contribution in [-0.4, -0.2) is 63.4 Å². The lowest BCUT2D eigenvalue weighted by Crippen LogP contribution is -2.41. The van der Waals surface area contributed by atoms with Crippen molar-refractivity contribution in [1.82, 2.24) is 20.5 Å². The van der Waals surface area contributed by atoms with Crippen molar-refractivity contribution in [2.45, 2.75) is 64.3 Å². The van der Waals surface area contributed by atoms with Crippen LogP contribution in [0.2, 0.25) is 0 Å². The van der Waals surface area contributed by atoms with E-state index in [1.807, 2.05) is 4.90 Å². The van der Waals surface area contributed by atoms with Crippen molar-refractivity contribution in [3.8, 4) is 0 Å². The molecule has 1 aromatic rings. The van der Waals surface area contributed by atoms with Crippen LogP contribution in [0.3, 0.4) is 0 Å². The Labute approximate surface area is 187 Å². The lowest BCUT2D eigenvalue weighted by molar-refractivity contribution is -0.154. The molecule has 1 saturated heterocycles. The van der Waals surface area contributed by atoms with Crippen LogP contribution in [0.25, 0.3) is 0 Å². The quantitative estimate of drug-likeness (QED) is 0.227. The highest BCUT2D eigenvalue weighted by Gasteiger charge is 2.30. The van der Waals surface area contributed by atoms with Gasteiger partial charge in [-0.15, -0.1) is 0 Å². The van der Waals surface area contributed by atoms with Crippen LogP contribution < -0.4 is 15.8 Å². The summed E-state index contributed by atoms with van der Waals surface area (Å²) in [4.78, 5) is 33.8. The zero-order valence-electron chi connectivity index (χ0n) is 18.5. The van der Waals surface area contributed by atoms with Crippen molar-refractivity contribution >= 4 is 24.0 Å². The molecule has 0 unspecified atom stereocenters. The van der Waals surface area contributed by atoms with Gasteiger partial charge in [0.25, 0.3) is 0 Å². The summed E-state index contributed by atoms with van der Waals surface area (Å²) in [6.07, 6.45) is 7.29. The smallest absolute Gasteiger partial charge is 0.243 e.